The van der Waals surface area contributed by atoms with Crippen LogP contribution in [-0.2, 0) is 16.4 Å². The first kappa shape index (κ1) is 16.6. The third kappa shape index (κ3) is 3.80. The summed E-state index contributed by atoms with van der Waals surface area (Å²) in [6.45, 7) is 2.61. The van der Waals surface area contributed by atoms with Crippen molar-refractivity contribution in [1.82, 2.24) is 4.72 Å². The Morgan fingerprint density at radius 2 is 1.83 bits per heavy atom. The van der Waals surface area contributed by atoms with E-state index in [1.807, 2.05) is 24.3 Å². The molecule has 2 aromatic carbocycles. The van der Waals surface area contributed by atoms with Gasteiger partial charge in [0.05, 0.1) is 4.90 Å². The number of rotatable bonds is 7. The van der Waals surface area contributed by atoms with Gasteiger partial charge in [-0.15, -0.1) is 0 Å². The molecule has 6 nitrogen and oxygen atoms in total. The minimum Gasteiger partial charge on any atom is -0.492 e. The van der Waals surface area contributed by atoms with Crippen molar-refractivity contribution in [2.75, 3.05) is 19.9 Å². The van der Waals surface area contributed by atoms with Gasteiger partial charge >= 0.3 is 0 Å². The first-order valence-electron chi connectivity index (χ1n) is 7.69. The first-order valence-corrected chi connectivity index (χ1v) is 9.18. The predicted octanol–water partition coefficient (Wildman–Crippen LogP) is 2.33. The fourth-order valence-electron chi connectivity index (χ4n) is 2.29. The van der Waals surface area contributed by atoms with E-state index in [-0.39, 0.29) is 24.8 Å². The summed E-state index contributed by atoms with van der Waals surface area (Å²) in [6, 6.07) is 12.3. The minimum atomic E-state index is -3.61. The van der Waals surface area contributed by atoms with E-state index in [2.05, 4.69) is 11.6 Å². The van der Waals surface area contributed by atoms with E-state index in [0.29, 0.717) is 11.5 Å². The molecule has 0 saturated carbocycles. The highest BCUT2D eigenvalue weighted by molar-refractivity contribution is 7.89. The maximum atomic E-state index is 12.3. The van der Waals surface area contributed by atoms with Crippen molar-refractivity contribution in [2.45, 2.75) is 18.2 Å². The highest BCUT2D eigenvalue weighted by Crippen LogP contribution is 2.33. The zero-order chi connectivity index (χ0) is 17.0. The molecule has 0 aromatic heterocycles. The zero-order valence-corrected chi connectivity index (χ0v) is 14.1. The molecular formula is C17H19NO5S. The van der Waals surface area contributed by atoms with E-state index < -0.39 is 10.0 Å². The SMILES string of the molecule is CCc1ccc(OCCNS(=O)(=O)c2ccc3c(c2)OCO3)cc1. The molecular weight excluding hydrogens is 330 g/mol. The number of fused-ring (bicyclic) bond motifs is 1. The Kier molecular flexibility index (Phi) is 4.92. The smallest absolute Gasteiger partial charge is 0.240 e. The molecule has 3 rings (SSSR count). The maximum absolute atomic E-state index is 12.3. The lowest BCUT2D eigenvalue weighted by molar-refractivity contribution is 0.174. The molecule has 0 aliphatic carbocycles. The standard InChI is InChI=1S/C17H19NO5S/c1-2-13-3-5-14(6-4-13)21-10-9-18-24(19,20)15-7-8-16-17(11-15)23-12-22-16/h3-8,11,18H,2,9-10,12H2,1H3. The van der Waals surface area contributed by atoms with E-state index in [1.54, 1.807) is 6.07 Å². The number of sulfonamides is 1. The molecule has 24 heavy (non-hydrogen) atoms. The average Bonchev–Trinajstić information content (AvgIpc) is 3.07. The first-order chi connectivity index (χ1) is 11.6. The van der Waals surface area contributed by atoms with Gasteiger partial charge in [-0.05, 0) is 36.2 Å². The van der Waals surface area contributed by atoms with Crippen LogP contribution in [0.2, 0.25) is 0 Å². The summed E-state index contributed by atoms with van der Waals surface area (Å²) in [6.07, 6.45) is 0.968. The van der Waals surface area contributed by atoms with Crippen LogP contribution in [0.25, 0.3) is 0 Å². The van der Waals surface area contributed by atoms with E-state index >= 15 is 0 Å². The Morgan fingerprint density at radius 1 is 1.08 bits per heavy atom. The normalized spacial score (nSPS) is 13.0. The molecule has 0 radical (unpaired) electrons. The van der Waals surface area contributed by atoms with Gasteiger partial charge < -0.3 is 14.2 Å². The van der Waals surface area contributed by atoms with Crippen LogP contribution < -0.4 is 18.9 Å². The van der Waals surface area contributed by atoms with Crippen molar-refractivity contribution in [1.29, 1.82) is 0 Å². The number of nitrogens with one attached hydrogen (secondary N) is 1. The number of aryl methyl sites for hydroxylation is 1. The zero-order valence-electron chi connectivity index (χ0n) is 13.3. The van der Waals surface area contributed by atoms with E-state index in [4.69, 9.17) is 14.2 Å². The van der Waals surface area contributed by atoms with Crippen LogP contribution in [-0.4, -0.2) is 28.4 Å². The third-order valence-corrected chi connectivity index (χ3v) is 5.11. The second-order valence-corrected chi connectivity index (χ2v) is 7.03. The molecule has 0 atom stereocenters. The van der Waals surface area contributed by atoms with Crippen LogP contribution >= 0.6 is 0 Å². The topological polar surface area (TPSA) is 73.9 Å². The van der Waals surface area contributed by atoms with Crippen LogP contribution in [0.5, 0.6) is 17.2 Å². The molecule has 1 N–H and O–H groups in total. The van der Waals surface area contributed by atoms with Gasteiger partial charge in [-0.1, -0.05) is 19.1 Å². The molecule has 0 unspecified atom stereocenters. The van der Waals surface area contributed by atoms with Gasteiger partial charge in [-0.2, -0.15) is 0 Å². The van der Waals surface area contributed by atoms with Gasteiger partial charge in [0.25, 0.3) is 0 Å². The lowest BCUT2D eigenvalue weighted by atomic mass is 10.2. The molecule has 0 bridgehead atoms. The molecule has 1 aliphatic heterocycles. The Labute approximate surface area is 141 Å². The third-order valence-electron chi connectivity index (χ3n) is 3.65. The predicted molar refractivity (Wildman–Crippen MR) is 89.1 cm³/mol. The van der Waals surface area contributed by atoms with Crippen LogP contribution in [0.1, 0.15) is 12.5 Å². The summed E-state index contributed by atoms with van der Waals surface area (Å²) in [5.41, 5.74) is 1.23. The van der Waals surface area contributed by atoms with Gasteiger partial charge in [0.1, 0.15) is 12.4 Å². The quantitative estimate of drug-likeness (QED) is 0.777. The lowest BCUT2D eigenvalue weighted by Crippen LogP contribution is -2.28. The number of benzene rings is 2. The van der Waals surface area contributed by atoms with Crippen molar-refractivity contribution in [2.24, 2.45) is 0 Å². The summed E-state index contributed by atoms with van der Waals surface area (Å²) in [5, 5.41) is 0. The fraction of sp³-hybridized carbons (Fsp3) is 0.294. The molecule has 2 aromatic rings. The summed E-state index contributed by atoms with van der Waals surface area (Å²) in [4.78, 5) is 0.138. The second kappa shape index (κ2) is 7.11. The van der Waals surface area contributed by atoms with Crippen molar-refractivity contribution >= 4 is 10.0 Å². The molecule has 0 saturated heterocycles. The van der Waals surface area contributed by atoms with Gasteiger partial charge in [-0.3, -0.25) is 0 Å². The molecule has 0 spiro atoms. The Bertz CT molecular complexity index is 802. The van der Waals surface area contributed by atoms with Crippen molar-refractivity contribution in [3.05, 3.63) is 48.0 Å². The van der Waals surface area contributed by atoms with Crippen molar-refractivity contribution < 1.29 is 22.6 Å². The minimum absolute atomic E-state index is 0.108. The van der Waals surface area contributed by atoms with Gasteiger partial charge in [0.2, 0.25) is 16.8 Å². The molecule has 0 fully saturated rings. The molecule has 7 heteroatoms. The number of ether oxygens (including phenoxy) is 3. The Balaban J connectivity index is 1.53. The highest BCUT2D eigenvalue weighted by atomic mass is 32.2. The van der Waals surface area contributed by atoms with Crippen LogP contribution in [0, 0.1) is 0 Å². The monoisotopic (exact) mass is 349 g/mol. The van der Waals surface area contributed by atoms with Crippen molar-refractivity contribution in [3.63, 3.8) is 0 Å². The maximum Gasteiger partial charge on any atom is 0.240 e. The largest absolute Gasteiger partial charge is 0.492 e. The van der Waals surface area contributed by atoms with E-state index in [9.17, 15) is 8.42 Å². The second-order valence-electron chi connectivity index (χ2n) is 5.26. The highest BCUT2D eigenvalue weighted by Gasteiger charge is 2.19. The lowest BCUT2D eigenvalue weighted by Gasteiger charge is -2.09. The summed E-state index contributed by atoms with van der Waals surface area (Å²) >= 11 is 0. The molecule has 1 heterocycles. The van der Waals surface area contributed by atoms with Crippen LogP contribution in [0.15, 0.2) is 47.4 Å². The van der Waals surface area contributed by atoms with Gasteiger partial charge in [0, 0.05) is 12.6 Å². The Hall–Kier alpha value is -2.25. The summed E-state index contributed by atoms with van der Waals surface area (Å²) in [5.74, 6) is 1.70. The molecule has 1 aliphatic rings. The van der Waals surface area contributed by atoms with Crippen molar-refractivity contribution in [3.8, 4) is 17.2 Å². The Morgan fingerprint density at radius 3 is 2.58 bits per heavy atom. The molecule has 128 valence electrons. The van der Waals surface area contributed by atoms with Gasteiger partial charge in [-0.25, -0.2) is 13.1 Å². The van der Waals surface area contributed by atoms with Gasteiger partial charge in [0.15, 0.2) is 11.5 Å². The van der Waals surface area contributed by atoms with E-state index in [1.165, 1.54) is 17.7 Å². The van der Waals surface area contributed by atoms with Crippen LogP contribution in [0.3, 0.4) is 0 Å². The summed E-state index contributed by atoms with van der Waals surface area (Å²) < 4.78 is 42.9. The number of hydrogen-bond acceptors (Lipinski definition) is 5. The number of hydrogen-bond donors (Lipinski definition) is 1. The van der Waals surface area contributed by atoms with E-state index in [0.717, 1.165) is 12.2 Å². The summed E-state index contributed by atoms with van der Waals surface area (Å²) in [7, 11) is -3.61. The fourth-order valence-corrected chi connectivity index (χ4v) is 3.32. The molecule has 0 amide bonds. The average molecular weight is 349 g/mol. The van der Waals surface area contributed by atoms with Crippen LogP contribution in [0.4, 0.5) is 0 Å².